The second-order valence-electron chi connectivity index (χ2n) is 6.93. The monoisotopic (exact) mass is 397 g/mol. The average molecular weight is 397 g/mol. The molecule has 0 saturated carbocycles. The minimum absolute atomic E-state index is 0.134. The Bertz CT molecular complexity index is 1180. The Morgan fingerprint density at radius 3 is 2.43 bits per heavy atom. The van der Waals surface area contributed by atoms with Crippen molar-refractivity contribution in [3.8, 4) is 0 Å². The molecule has 0 aliphatic rings. The van der Waals surface area contributed by atoms with Gasteiger partial charge < -0.3 is 16.0 Å². The Labute approximate surface area is 175 Å². The summed E-state index contributed by atoms with van der Waals surface area (Å²) in [5.41, 5.74) is 3.09. The molecule has 0 spiro atoms. The lowest BCUT2D eigenvalue weighted by Crippen LogP contribution is -2.12. The van der Waals surface area contributed by atoms with Crippen LogP contribution in [0.3, 0.4) is 0 Å². The fourth-order valence-corrected chi connectivity index (χ4v) is 3.28. The van der Waals surface area contributed by atoms with Crippen LogP contribution in [-0.4, -0.2) is 22.4 Å². The Hall–Kier alpha value is -3.93. The molecule has 3 N–H and O–H groups in total. The lowest BCUT2D eigenvalue weighted by atomic mass is 10.0. The van der Waals surface area contributed by atoms with Crippen molar-refractivity contribution in [1.29, 1.82) is 0 Å². The van der Waals surface area contributed by atoms with Crippen LogP contribution in [0.1, 0.15) is 23.0 Å². The van der Waals surface area contributed by atoms with Gasteiger partial charge in [0.1, 0.15) is 5.82 Å². The van der Waals surface area contributed by atoms with E-state index in [1.54, 1.807) is 0 Å². The lowest BCUT2D eigenvalue weighted by Gasteiger charge is -2.11. The molecule has 4 aromatic rings. The van der Waals surface area contributed by atoms with Crippen LogP contribution in [0, 0.1) is 6.92 Å². The summed E-state index contributed by atoms with van der Waals surface area (Å²) in [7, 11) is 0. The summed E-state index contributed by atoms with van der Waals surface area (Å²) in [6.07, 6.45) is 0. The molecule has 150 valence electrons. The van der Waals surface area contributed by atoms with Crippen molar-refractivity contribution in [2.45, 2.75) is 13.8 Å². The maximum Gasteiger partial charge on any atom is 0.256 e. The molecule has 0 bridgehead atoms. The summed E-state index contributed by atoms with van der Waals surface area (Å²) in [6, 6.07) is 23.0. The number of rotatable bonds is 6. The highest BCUT2D eigenvalue weighted by Crippen LogP contribution is 2.22. The highest BCUT2D eigenvalue weighted by molar-refractivity contribution is 6.12. The number of nitrogens with zero attached hydrogens (tertiary/aromatic N) is 2. The number of hydrogen-bond acceptors (Lipinski definition) is 5. The van der Waals surface area contributed by atoms with Crippen LogP contribution in [-0.2, 0) is 0 Å². The zero-order chi connectivity index (χ0) is 20.9. The molecule has 0 aliphatic heterocycles. The van der Waals surface area contributed by atoms with Crippen LogP contribution in [0.25, 0.3) is 10.8 Å². The minimum Gasteiger partial charge on any atom is -0.370 e. The number of hydrogen-bond donors (Lipinski definition) is 3. The number of carbonyl (C=O) groups is 1. The predicted molar refractivity (Wildman–Crippen MR) is 123 cm³/mol. The Morgan fingerprint density at radius 2 is 1.63 bits per heavy atom. The molecule has 0 atom stereocenters. The third kappa shape index (κ3) is 4.38. The number of amides is 1. The minimum atomic E-state index is -0.134. The highest BCUT2D eigenvalue weighted by Gasteiger charge is 2.10. The maximum atomic E-state index is 12.8. The summed E-state index contributed by atoms with van der Waals surface area (Å²) < 4.78 is 0. The normalized spacial score (nSPS) is 10.6. The van der Waals surface area contributed by atoms with Crippen molar-refractivity contribution < 1.29 is 4.79 Å². The molecule has 6 heteroatoms. The smallest absolute Gasteiger partial charge is 0.256 e. The van der Waals surface area contributed by atoms with Crippen LogP contribution in [0.5, 0.6) is 0 Å². The zero-order valence-corrected chi connectivity index (χ0v) is 16.9. The number of fused-ring (bicyclic) bond motifs is 1. The van der Waals surface area contributed by atoms with Gasteiger partial charge in [-0.15, -0.1) is 0 Å². The number of nitrogens with one attached hydrogen (secondary N) is 3. The number of aryl methyl sites for hydroxylation is 1. The van der Waals surface area contributed by atoms with Gasteiger partial charge in [0.25, 0.3) is 5.91 Å². The molecular formula is C24H23N5O. The van der Waals surface area contributed by atoms with Gasteiger partial charge in [0.15, 0.2) is 0 Å². The largest absolute Gasteiger partial charge is 0.370 e. The first-order valence-corrected chi connectivity index (χ1v) is 9.88. The number of aromatic nitrogens is 2. The molecule has 0 unspecified atom stereocenters. The van der Waals surface area contributed by atoms with Crippen LogP contribution >= 0.6 is 0 Å². The molecular weight excluding hydrogens is 374 g/mol. The summed E-state index contributed by atoms with van der Waals surface area (Å²) in [5, 5.41) is 11.3. The van der Waals surface area contributed by atoms with Crippen molar-refractivity contribution in [3.63, 3.8) is 0 Å². The van der Waals surface area contributed by atoms with Gasteiger partial charge in [-0.25, -0.2) is 4.98 Å². The summed E-state index contributed by atoms with van der Waals surface area (Å²) >= 11 is 0. The Kier molecular flexibility index (Phi) is 5.57. The third-order valence-electron chi connectivity index (χ3n) is 4.65. The van der Waals surface area contributed by atoms with E-state index in [2.05, 4.69) is 25.9 Å². The number of benzene rings is 3. The van der Waals surface area contributed by atoms with E-state index in [-0.39, 0.29) is 5.91 Å². The van der Waals surface area contributed by atoms with Gasteiger partial charge in [0, 0.05) is 35.2 Å². The van der Waals surface area contributed by atoms with Crippen LogP contribution in [0.15, 0.2) is 72.8 Å². The van der Waals surface area contributed by atoms with Gasteiger partial charge in [-0.1, -0.05) is 36.4 Å². The second kappa shape index (κ2) is 8.61. The van der Waals surface area contributed by atoms with Crippen LogP contribution in [0.4, 0.5) is 23.1 Å². The first kappa shape index (κ1) is 19.4. The molecule has 6 nitrogen and oxygen atoms in total. The molecule has 30 heavy (non-hydrogen) atoms. The molecule has 0 saturated heterocycles. The molecule has 0 aliphatic carbocycles. The van der Waals surface area contributed by atoms with Crippen molar-refractivity contribution in [1.82, 2.24) is 9.97 Å². The SMILES string of the molecule is CCNc1cc(C)nc(Nc2ccc(NC(=O)c3cccc4ccccc34)cc2)n1. The predicted octanol–water partition coefficient (Wildman–Crippen LogP) is 5.37. The second-order valence-corrected chi connectivity index (χ2v) is 6.93. The van der Waals surface area contributed by atoms with Crippen molar-refractivity contribution in [2.24, 2.45) is 0 Å². The quantitative estimate of drug-likeness (QED) is 0.408. The van der Waals surface area contributed by atoms with Crippen molar-refractivity contribution in [3.05, 3.63) is 84.1 Å². The molecule has 0 fully saturated rings. The average Bonchev–Trinajstić information content (AvgIpc) is 2.74. The zero-order valence-electron chi connectivity index (χ0n) is 16.9. The third-order valence-corrected chi connectivity index (χ3v) is 4.65. The summed E-state index contributed by atoms with van der Waals surface area (Å²) in [5.74, 6) is 1.18. The maximum absolute atomic E-state index is 12.8. The van der Waals surface area contributed by atoms with Gasteiger partial charge in [-0.3, -0.25) is 4.79 Å². The molecule has 1 amide bonds. The van der Waals surface area contributed by atoms with Gasteiger partial charge in [0.2, 0.25) is 5.95 Å². The van der Waals surface area contributed by atoms with Crippen LogP contribution in [0.2, 0.25) is 0 Å². The molecule has 1 heterocycles. The van der Waals surface area contributed by atoms with Crippen LogP contribution < -0.4 is 16.0 Å². The molecule has 1 aromatic heterocycles. The molecule has 3 aromatic carbocycles. The van der Waals surface area contributed by atoms with E-state index in [0.717, 1.165) is 40.2 Å². The first-order chi connectivity index (χ1) is 14.6. The van der Waals surface area contributed by atoms with Crippen molar-refractivity contribution in [2.75, 3.05) is 22.5 Å². The molecule has 4 rings (SSSR count). The van der Waals surface area contributed by atoms with Gasteiger partial charge in [-0.2, -0.15) is 4.98 Å². The lowest BCUT2D eigenvalue weighted by molar-refractivity contribution is 0.102. The Morgan fingerprint density at radius 1 is 0.900 bits per heavy atom. The van der Waals surface area contributed by atoms with E-state index < -0.39 is 0 Å². The standard InChI is InChI=1S/C24H23N5O/c1-3-25-22-15-16(2)26-24(29-22)28-19-13-11-18(12-14-19)27-23(30)21-10-6-8-17-7-4-5-9-20(17)21/h4-15H,3H2,1-2H3,(H,27,30)(H2,25,26,28,29). The number of anilines is 4. The van der Waals surface area contributed by atoms with E-state index in [9.17, 15) is 4.79 Å². The molecule has 0 radical (unpaired) electrons. The van der Waals surface area contributed by atoms with Gasteiger partial charge in [-0.05, 0) is 55.0 Å². The topological polar surface area (TPSA) is 78.9 Å². The fraction of sp³-hybridized carbons (Fsp3) is 0.125. The Balaban J connectivity index is 1.48. The highest BCUT2D eigenvalue weighted by atomic mass is 16.1. The van der Waals surface area contributed by atoms with Gasteiger partial charge >= 0.3 is 0 Å². The van der Waals surface area contributed by atoms with Crippen molar-refractivity contribution >= 4 is 39.8 Å². The van der Waals surface area contributed by atoms with E-state index in [4.69, 9.17) is 0 Å². The van der Waals surface area contributed by atoms with E-state index >= 15 is 0 Å². The fourth-order valence-electron chi connectivity index (χ4n) is 3.28. The first-order valence-electron chi connectivity index (χ1n) is 9.88. The van der Waals surface area contributed by atoms with E-state index in [0.29, 0.717) is 11.5 Å². The van der Waals surface area contributed by atoms with Gasteiger partial charge in [0.05, 0.1) is 0 Å². The number of carbonyl (C=O) groups excluding carboxylic acids is 1. The van der Waals surface area contributed by atoms with E-state index in [1.165, 1.54) is 0 Å². The van der Waals surface area contributed by atoms with E-state index in [1.807, 2.05) is 86.6 Å². The summed E-state index contributed by atoms with van der Waals surface area (Å²) in [4.78, 5) is 21.7. The summed E-state index contributed by atoms with van der Waals surface area (Å²) in [6.45, 7) is 4.75.